The Morgan fingerprint density at radius 2 is 1.13 bits per heavy atom. The van der Waals surface area contributed by atoms with Crippen molar-refractivity contribution in [2.45, 2.75) is 110 Å². The molecule has 23 heavy (non-hydrogen) atoms. The van der Waals surface area contributed by atoms with Gasteiger partial charge in [0.25, 0.3) is 0 Å². The molecule has 0 aliphatic heterocycles. The molecule has 0 bridgehead atoms. The van der Waals surface area contributed by atoms with E-state index in [1.54, 1.807) is 0 Å². The Kier molecular flexibility index (Phi) is 18.6. The zero-order chi connectivity index (χ0) is 17.0. The maximum absolute atomic E-state index is 10.9. The van der Waals surface area contributed by atoms with Crippen LogP contribution in [-0.2, 0) is 9.53 Å². The van der Waals surface area contributed by atoms with Gasteiger partial charge in [-0.25, -0.2) is 0 Å². The maximum atomic E-state index is 10.9. The van der Waals surface area contributed by atoms with Crippen LogP contribution in [0.15, 0.2) is 12.2 Å². The van der Waals surface area contributed by atoms with E-state index in [1.165, 1.54) is 97.0 Å². The molecule has 0 spiro atoms. The highest BCUT2D eigenvalue weighted by Crippen LogP contribution is 2.12. The minimum Gasteiger partial charge on any atom is -0.469 e. The average Bonchev–Trinajstić information content (AvgIpc) is 2.57. The van der Waals surface area contributed by atoms with Crippen molar-refractivity contribution in [1.82, 2.24) is 0 Å². The Hall–Kier alpha value is -0.790. The summed E-state index contributed by atoms with van der Waals surface area (Å²) in [6.45, 7) is 2.26. The lowest BCUT2D eigenvalue weighted by Gasteiger charge is -2.02. The number of hydrogen-bond acceptors (Lipinski definition) is 2. The van der Waals surface area contributed by atoms with Crippen molar-refractivity contribution in [2.75, 3.05) is 7.11 Å². The van der Waals surface area contributed by atoms with Crippen LogP contribution in [0.2, 0.25) is 0 Å². The van der Waals surface area contributed by atoms with Gasteiger partial charge in [0.15, 0.2) is 0 Å². The van der Waals surface area contributed by atoms with Crippen LogP contribution in [0.1, 0.15) is 110 Å². The van der Waals surface area contributed by atoms with Crippen LogP contribution in [0.4, 0.5) is 0 Å². The number of unbranched alkanes of at least 4 members (excludes halogenated alkanes) is 13. The number of carbonyl (C=O) groups excluding carboxylic acids is 1. The number of ether oxygens (including phenoxy) is 1. The number of hydrogen-bond donors (Lipinski definition) is 0. The van der Waals surface area contributed by atoms with E-state index in [1.807, 2.05) is 0 Å². The zero-order valence-electron chi connectivity index (χ0n) is 15.8. The molecule has 0 heterocycles. The van der Waals surface area contributed by atoms with Gasteiger partial charge in [0, 0.05) is 6.42 Å². The SMILES string of the molecule is CCCCCC=CCCCCCCCCCCCCC(=O)OC. The number of esters is 1. The van der Waals surface area contributed by atoms with E-state index in [0.29, 0.717) is 6.42 Å². The van der Waals surface area contributed by atoms with Crippen LogP contribution in [-0.4, -0.2) is 13.1 Å². The fraction of sp³-hybridized carbons (Fsp3) is 0.857. The summed E-state index contributed by atoms with van der Waals surface area (Å²) in [5.41, 5.74) is 0. The van der Waals surface area contributed by atoms with Crippen molar-refractivity contribution in [3.63, 3.8) is 0 Å². The molecule has 0 rings (SSSR count). The molecule has 0 aromatic rings. The van der Waals surface area contributed by atoms with Gasteiger partial charge < -0.3 is 4.74 Å². The van der Waals surface area contributed by atoms with Crippen molar-refractivity contribution < 1.29 is 9.53 Å². The van der Waals surface area contributed by atoms with Crippen LogP contribution in [0.3, 0.4) is 0 Å². The highest BCUT2D eigenvalue weighted by atomic mass is 16.5. The third-order valence-corrected chi connectivity index (χ3v) is 4.37. The molecule has 2 heteroatoms. The second kappa shape index (κ2) is 19.3. The first kappa shape index (κ1) is 22.2. The molecule has 0 N–H and O–H groups in total. The van der Waals surface area contributed by atoms with Crippen LogP contribution < -0.4 is 0 Å². The van der Waals surface area contributed by atoms with Crippen molar-refractivity contribution >= 4 is 5.97 Å². The van der Waals surface area contributed by atoms with E-state index < -0.39 is 0 Å². The van der Waals surface area contributed by atoms with Gasteiger partial charge in [-0.05, 0) is 32.1 Å². The average molecular weight is 325 g/mol. The van der Waals surface area contributed by atoms with E-state index in [4.69, 9.17) is 0 Å². The summed E-state index contributed by atoms with van der Waals surface area (Å²) in [5, 5.41) is 0. The molecule has 0 amide bonds. The van der Waals surface area contributed by atoms with Crippen molar-refractivity contribution in [3.05, 3.63) is 12.2 Å². The van der Waals surface area contributed by atoms with E-state index in [2.05, 4.69) is 23.8 Å². The first-order valence-corrected chi connectivity index (χ1v) is 10.0. The fourth-order valence-electron chi connectivity index (χ4n) is 2.80. The molecule has 0 saturated carbocycles. The molecule has 0 aromatic heterocycles. The predicted octanol–water partition coefficient (Wildman–Crippen LogP) is 6.98. The molecule has 0 radical (unpaired) electrons. The summed E-state index contributed by atoms with van der Waals surface area (Å²) in [7, 11) is 1.46. The monoisotopic (exact) mass is 324 g/mol. The summed E-state index contributed by atoms with van der Waals surface area (Å²) in [5.74, 6) is -0.0687. The molecule has 2 nitrogen and oxygen atoms in total. The smallest absolute Gasteiger partial charge is 0.305 e. The van der Waals surface area contributed by atoms with Crippen LogP contribution >= 0.6 is 0 Å². The number of allylic oxidation sites excluding steroid dienone is 2. The Morgan fingerprint density at radius 3 is 1.61 bits per heavy atom. The lowest BCUT2D eigenvalue weighted by atomic mass is 10.0. The van der Waals surface area contributed by atoms with E-state index in [0.717, 1.165) is 6.42 Å². The zero-order valence-corrected chi connectivity index (χ0v) is 15.8. The standard InChI is InChI=1S/C21H40O2/c1-3-4-5-6-7-8-9-10-11-12-13-14-15-16-17-18-19-20-21(22)23-2/h7-8H,3-6,9-20H2,1-2H3. The summed E-state index contributed by atoms with van der Waals surface area (Å²) in [6.07, 6.45) is 24.9. The van der Waals surface area contributed by atoms with Gasteiger partial charge >= 0.3 is 5.97 Å². The quantitative estimate of drug-likeness (QED) is 0.164. The van der Waals surface area contributed by atoms with Crippen molar-refractivity contribution in [3.8, 4) is 0 Å². The van der Waals surface area contributed by atoms with E-state index >= 15 is 0 Å². The summed E-state index contributed by atoms with van der Waals surface area (Å²) in [6, 6.07) is 0. The van der Waals surface area contributed by atoms with Gasteiger partial charge in [-0.1, -0.05) is 83.3 Å². The minimum absolute atomic E-state index is 0.0687. The van der Waals surface area contributed by atoms with Gasteiger partial charge in [-0.3, -0.25) is 4.79 Å². The van der Waals surface area contributed by atoms with Gasteiger partial charge in [-0.2, -0.15) is 0 Å². The lowest BCUT2D eigenvalue weighted by Crippen LogP contribution is -1.99. The third-order valence-electron chi connectivity index (χ3n) is 4.37. The summed E-state index contributed by atoms with van der Waals surface area (Å²) in [4.78, 5) is 10.9. The minimum atomic E-state index is -0.0687. The highest BCUT2D eigenvalue weighted by molar-refractivity contribution is 5.68. The largest absolute Gasteiger partial charge is 0.469 e. The number of methoxy groups -OCH3 is 1. The highest BCUT2D eigenvalue weighted by Gasteiger charge is 1.99. The molecule has 0 fully saturated rings. The second-order valence-corrected chi connectivity index (χ2v) is 6.62. The normalized spacial score (nSPS) is 11.2. The second-order valence-electron chi connectivity index (χ2n) is 6.62. The molecule has 136 valence electrons. The molecule has 0 saturated heterocycles. The fourth-order valence-corrected chi connectivity index (χ4v) is 2.80. The molecule has 0 unspecified atom stereocenters. The van der Waals surface area contributed by atoms with E-state index in [9.17, 15) is 4.79 Å². The topological polar surface area (TPSA) is 26.3 Å². The Balaban J connectivity index is 3.06. The lowest BCUT2D eigenvalue weighted by molar-refractivity contribution is -0.140. The molecule has 0 aromatic carbocycles. The number of carbonyl (C=O) groups is 1. The molecule has 0 aliphatic carbocycles. The van der Waals surface area contributed by atoms with Crippen molar-refractivity contribution in [1.29, 1.82) is 0 Å². The Bertz CT molecular complexity index is 271. The first-order valence-electron chi connectivity index (χ1n) is 10.0. The molecular weight excluding hydrogens is 284 g/mol. The Labute approximate surface area is 145 Å². The summed E-state index contributed by atoms with van der Waals surface area (Å²) < 4.78 is 4.64. The summed E-state index contributed by atoms with van der Waals surface area (Å²) >= 11 is 0. The van der Waals surface area contributed by atoms with Crippen LogP contribution in [0.25, 0.3) is 0 Å². The van der Waals surface area contributed by atoms with Gasteiger partial charge in [0.1, 0.15) is 0 Å². The number of rotatable bonds is 17. The van der Waals surface area contributed by atoms with Crippen molar-refractivity contribution in [2.24, 2.45) is 0 Å². The van der Waals surface area contributed by atoms with Gasteiger partial charge in [0.2, 0.25) is 0 Å². The van der Waals surface area contributed by atoms with Crippen LogP contribution in [0.5, 0.6) is 0 Å². The van der Waals surface area contributed by atoms with Crippen LogP contribution in [0, 0.1) is 0 Å². The molecule has 0 aliphatic rings. The van der Waals surface area contributed by atoms with Gasteiger partial charge in [-0.15, -0.1) is 0 Å². The third kappa shape index (κ3) is 19.2. The van der Waals surface area contributed by atoms with Gasteiger partial charge in [0.05, 0.1) is 7.11 Å². The predicted molar refractivity (Wildman–Crippen MR) is 101 cm³/mol. The van der Waals surface area contributed by atoms with E-state index in [-0.39, 0.29) is 5.97 Å². The maximum Gasteiger partial charge on any atom is 0.305 e. The molecule has 0 atom stereocenters. The first-order chi connectivity index (χ1) is 11.3. The Morgan fingerprint density at radius 1 is 0.696 bits per heavy atom. The molecular formula is C21H40O2.